The maximum Gasteiger partial charge on any atom is 0.472 e. The van der Waals surface area contributed by atoms with E-state index in [9.17, 15) is 33.5 Å². The van der Waals surface area contributed by atoms with Crippen LogP contribution < -0.4 is 0 Å². The van der Waals surface area contributed by atoms with Crippen molar-refractivity contribution in [3.63, 3.8) is 0 Å². The van der Waals surface area contributed by atoms with Crippen molar-refractivity contribution in [2.75, 3.05) is 26.4 Å². The number of unbranched alkanes of at least 4 members (excludes halogenated alkanes) is 12. The summed E-state index contributed by atoms with van der Waals surface area (Å²) in [6, 6.07) is 0. The number of phosphoric ester groups is 2. The number of hydrogen-bond donors (Lipinski definition) is 4. The van der Waals surface area contributed by atoms with Crippen LogP contribution in [0.5, 0.6) is 0 Å². The third-order valence-corrected chi connectivity index (χ3v) is 9.78. The van der Waals surface area contributed by atoms with Crippen LogP contribution in [0.15, 0.2) is 60.8 Å². The fourth-order valence-corrected chi connectivity index (χ4v) is 6.27. The molecule has 16 heteroatoms. The minimum absolute atomic E-state index is 0.0731. The van der Waals surface area contributed by atoms with Crippen LogP contribution >= 0.6 is 15.6 Å². The number of ketones is 1. The smallest absolute Gasteiger partial charge is 0.462 e. The topological polar surface area (TPSA) is 212 Å². The Morgan fingerprint density at radius 1 is 0.552 bits per heavy atom. The molecule has 0 aliphatic rings. The molecule has 0 radical (unpaired) electrons. The summed E-state index contributed by atoms with van der Waals surface area (Å²) >= 11 is 0. The van der Waals surface area contributed by atoms with E-state index in [1.165, 1.54) is 51.0 Å². The molecule has 0 rings (SSSR count). The molecular formula is C42H72O14P2. The predicted octanol–water partition coefficient (Wildman–Crippen LogP) is 9.63. The number of ether oxygens (including phenoxy) is 2. The van der Waals surface area contributed by atoms with Crippen molar-refractivity contribution in [1.82, 2.24) is 0 Å². The summed E-state index contributed by atoms with van der Waals surface area (Å²) in [6.07, 6.45) is 35.1. The minimum atomic E-state index is -4.89. The summed E-state index contributed by atoms with van der Waals surface area (Å²) in [7, 11) is -9.76. The van der Waals surface area contributed by atoms with Crippen LogP contribution in [0, 0.1) is 0 Å². The van der Waals surface area contributed by atoms with Gasteiger partial charge in [-0.1, -0.05) is 120 Å². The summed E-state index contributed by atoms with van der Waals surface area (Å²) in [4.78, 5) is 64.8. The molecule has 4 N–H and O–H groups in total. The largest absolute Gasteiger partial charge is 0.472 e. The number of hydrogen-bond acceptors (Lipinski definition) is 11. The second-order valence-electron chi connectivity index (χ2n) is 13.9. The Morgan fingerprint density at radius 2 is 1.07 bits per heavy atom. The molecular weight excluding hydrogens is 790 g/mol. The van der Waals surface area contributed by atoms with E-state index in [0.717, 1.165) is 57.8 Å². The van der Waals surface area contributed by atoms with Gasteiger partial charge in [0.25, 0.3) is 0 Å². The van der Waals surface area contributed by atoms with Crippen LogP contribution in [-0.4, -0.2) is 76.1 Å². The van der Waals surface area contributed by atoms with Gasteiger partial charge in [-0.15, -0.1) is 0 Å². The van der Waals surface area contributed by atoms with Gasteiger partial charge in [-0.2, -0.15) is 0 Å². The zero-order chi connectivity index (χ0) is 43.2. The average Bonchev–Trinajstić information content (AvgIpc) is 3.17. The molecule has 0 saturated carbocycles. The minimum Gasteiger partial charge on any atom is -0.462 e. The van der Waals surface area contributed by atoms with Gasteiger partial charge in [0.05, 0.1) is 19.8 Å². The van der Waals surface area contributed by atoms with Crippen LogP contribution in [-0.2, 0) is 46.6 Å². The van der Waals surface area contributed by atoms with Gasteiger partial charge in [0.15, 0.2) is 11.9 Å². The first-order valence-electron chi connectivity index (χ1n) is 20.9. The van der Waals surface area contributed by atoms with Gasteiger partial charge in [0.1, 0.15) is 12.7 Å². The Kier molecular flexibility index (Phi) is 35.9. The number of carbonyl (C=O) groups is 3. The van der Waals surface area contributed by atoms with Gasteiger partial charge in [0.2, 0.25) is 0 Å². The van der Waals surface area contributed by atoms with Crippen LogP contribution in [0.4, 0.5) is 0 Å². The van der Waals surface area contributed by atoms with Gasteiger partial charge in [0, 0.05) is 19.3 Å². The van der Waals surface area contributed by atoms with Gasteiger partial charge in [-0.05, 0) is 70.3 Å². The molecule has 0 aliphatic carbocycles. The molecule has 0 aliphatic heterocycles. The van der Waals surface area contributed by atoms with Crippen molar-refractivity contribution in [3.05, 3.63) is 60.8 Å². The lowest BCUT2D eigenvalue weighted by Crippen LogP contribution is -2.30. The molecule has 14 nitrogen and oxygen atoms in total. The van der Waals surface area contributed by atoms with Crippen molar-refractivity contribution >= 4 is 33.4 Å². The molecule has 3 atom stereocenters. The molecule has 334 valence electrons. The fourth-order valence-electron chi connectivity index (χ4n) is 5.12. The summed E-state index contributed by atoms with van der Waals surface area (Å²) in [5.41, 5.74) is 0. The monoisotopic (exact) mass is 862 g/mol. The van der Waals surface area contributed by atoms with E-state index in [0.29, 0.717) is 6.42 Å². The summed E-state index contributed by atoms with van der Waals surface area (Å²) in [5.74, 6) is -1.49. The molecule has 0 aromatic rings. The summed E-state index contributed by atoms with van der Waals surface area (Å²) in [6.45, 7) is 1.41. The highest BCUT2D eigenvalue weighted by Gasteiger charge is 2.28. The molecule has 0 aromatic carbocycles. The lowest BCUT2D eigenvalue weighted by atomic mass is 10.1. The van der Waals surface area contributed by atoms with Crippen LogP contribution in [0.3, 0.4) is 0 Å². The first kappa shape index (κ1) is 55.5. The second kappa shape index (κ2) is 37.5. The van der Waals surface area contributed by atoms with Crippen molar-refractivity contribution in [1.29, 1.82) is 0 Å². The molecule has 0 bridgehead atoms. The normalized spacial score (nSPS) is 14.6. The van der Waals surface area contributed by atoms with Crippen molar-refractivity contribution in [2.24, 2.45) is 0 Å². The molecule has 58 heavy (non-hydrogen) atoms. The van der Waals surface area contributed by atoms with E-state index in [-0.39, 0.29) is 31.5 Å². The second-order valence-corrected chi connectivity index (χ2v) is 16.6. The van der Waals surface area contributed by atoms with Crippen molar-refractivity contribution < 1.29 is 66.3 Å². The van der Waals surface area contributed by atoms with E-state index >= 15 is 0 Å². The number of allylic oxidation sites excluding steroid dienone is 10. The highest BCUT2D eigenvalue weighted by atomic mass is 31.2. The number of esters is 2. The molecule has 1 unspecified atom stereocenters. The predicted molar refractivity (Wildman–Crippen MR) is 226 cm³/mol. The van der Waals surface area contributed by atoms with Crippen molar-refractivity contribution in [2.45, 2.75) is 161 Å². The van der Waals surface area contributed by atoms with Crippen LogP contribution in [0.2, 0.25) is 0 Å². The first-order valence-corrected chi connectivity index (χ1v) is 24.0. The number of aliphatic hydroxyl groups excluding tert-OH is 1. The first-order chi connectivity index (χ1) is 27.8. The standard InChI is InChI=1S/C42H72O14P2/c1-3-5-7-9-11-13-15-17-19-21-23-25-27-30-38(43)31-29-33-42(46)56-40(37-55-58(50,51)54-35-39(44)34-53-57(47,48)49)36-52-41(45)32-28-26-24-22-20-18-16-14-12-10-8-6-4-2/h11,13-14,16-17,19,23,25,27,30,39-40,44H,3-10,12,15,18,20-22,24,26,28-29,31-37H2,1-2H3,(H,50,51)(H2,47,48,49)/b13-11-,16-14-,19-17-,25-23-,30-27+/t39-,40+/m0/s1. The van der Waals surface area contributed by atoms with E-state index in [2.05, 4.69) is 59.4 Å². The molecule has 0 heterocycles. The average molecular weight is 863 g/mol. The fraction of sp³-hybridized carbons (Fsp3) is 0.690. The Morgan fingerprint density at radius 3 is 1.74 bits per heavy atom. The third-order valence-electron chi connectivity index (χ3n) is 8.35. The molecule has 0 amide bonds. The Bertz CT molecular complexity index is 1320. The lowest BCUT2D eigenvalue weighted by molar-refractivity contribution is -0.161. The Balaban J connectivity index is 4.77. The Labute approximate surface area is 347 Å². The van der Waals surface area contributed by atoms with Gasteiger partial charge in [-0.3, -0.25) is 28.0 Å². The van der Waals surface area contributed by atoms with Crippen LogP contribution in [0.1, 0.15) is 149 Å². The van der Waals surface area contributed by atoms with E-state index in [1.54, 1.807) is 12.2 Å². The maximum atomic E-state index is 12.6. The maximum absolute atomic E-state index is 12.6. The van der Waals surface area contributed by atoms with Crippen molar-refractivity contribution in [3.8, 4) is 0 Å². The van der Waals surface area contributed by atoms with Gasteiger partial charge >= 0.3 is 27.6 Å². The van der Waals surface area contributed by atoms with Gasteiger partial charge < -0.3 is 29.3 Å². The van der Waals surface area contributed by atoms with Gasteiger partial charge in [-0.25, -0.2) is 9.13 Å². The molecule has 0 spiro atoms. The number of phosphoric acid groups is 2. The zero-order valence-electron chi connectivity index (χ0n) is 34.9. The molecule has 0 fully saturated rings. The SMILES string of the molecule is CCCCC/C=C\C/C=C\C/C=C\C=C\C(=O)CCCC(=O)O[C@H](COC(=O)CCCCCCC/C=C\CCCCCC)COP(=O)(O)OC[C@@H](O)COP(=O)(O)O. The van der Waals surface area contributed by atoms with E-state index in [4.69, 9.17) is 23.8 Å². The quantitative estimate of drug-likeness (QED) is 0.0113. The number of carbonyl (C=O) groups excluding carboxylic acids is 3. The molecule has 0 saturated heterocycles. The highest BCUT2D eigenvalue weighted by molar-refractivity contribution is 7.47. The molecule has 0 aromatic heterocycles. The summed E-state index contributed by atoms with van der Waals surface area (Å²) < 4.78 is 47.4. The third kappa shape index (κ3) is 40.3. The number of aliphatic hydroxyl groups is 1. The van der Waals surface area contributed by atoms with E-state index < -0.39 is 66.2 Å². The lowest BCUT2D eigenvalue weighted by Gasteiger charge is -2.20. The van der Waals surface area contributed by atoms with Crippen LogP contribution in [0.25, 0.3) is 0 Å². The number of rotatable bonds is 39. The highest BCUT2D eigenvalue weighted by Crippen LogP contribution is 2.43. The Hall–Kier alpha value is -2.51. The van der Waals surface area contributed by atoms with E-state index in [1.807, 2.05) is 6.08 Å². The zero-order valence-corrected chi connectivity index (χ0v) is 36.7. The summed E-state index contributed by atoms with van der Waals surface area (Å²) in [5, 5.41) is 9.72.